The Morgan fingerprint density at radius 2 is 1.56 bits per heavy atom. The number of hydrogen-bond acceptors (Lipinski definition) is 7. The van der Waals surface area contributed by atoms with Crippen LogP contribution in [0.25, 0.3) is 0 Å². The lowest BCUT2D eigenvalue weighted by molar-refractivity contribution is 0.0944. The summed E-state index contributed by atoms with van der Waals surface area (Å²) in [5.74, 6) is 5.23. The molecule has 0 saturated heterocycles. The molecule has 32 heavy (non-hydrogen) atoms. The number of carbonyl (C=O) groups is 2. The van der Waals surface area contributed by atoms with E-state index in [2.05, 4.69) is 25.7 Å². The minimum atomic E-state index is -0.429. The van der Waals surface area contributed by atoms with Crippen molar-refractivity contribution < 1.29 is 14.3 Å². The number of nitrogens with two attached hydrogens (primary N) is 2. The van der Waals surface area contributed by atoms with Crippen LogP contribution in [-0.2, 0) is 13.1 Å². The summed E-state index contributed by atoms with van der Waals surface area (Å²) in [4.78, 5) is 32.8. The first-order valence-corrected chi connectivity index (χ1v) is 9.64. The second kappa shape index (κ2) is 10.5. The van der Waals surface area contributed by atoms with Gasteiger partial charge in [-0.3, -0.25) is 9.59 Å². The number of amidine groups is 1. The highest BCUT2D eigenvalue weighted by Gasteiger charge is 2.13. The smallest absolute Gasteiger partial charge is 0.270 e. The van der Waals surface area contributed by atoms with Crippen molar-refractivity contribution in [2.24, 2.45) is 16.7 Å². The van der Waals surface area contributed by atoms with Crippen LogP contribution >= 0.6 is 0 Å². The van der Waals surface area contributed by atoms with Crippen molar-refractivity contribution in [3.05, 3.63) is 89.0 Å². The van der Waals surface area contributed by atoms with Gasteiger partial charge in [0.05, 0.1) is 7.11 Å². The van der Waals surface area contributed by atoms with Gasteiger partial charge in [0.25, 0.3) is 11.8 Å². The second-order valence-corrected chi connectivity index (χ2v) is 6.72. The van der Waals surface area contributed by atoms with Gasteiger partial charge in [-0.25, -0.2) is 9.97 Å². The number of nitrogens with zero attached hydrogens (tertiary/aromatic N) is 3. The first kappa shape index (κ1) is 22.2. The fourth-order valence-electron chi connectivity index (χ4n) is 2.80. The molecule has 0 radical (unpaired) electrons. The van der Waals surface area contributed by atoms with Gasteiger partial charge in [-0.1, -0.05) is 36.4 Å². The summed E-state index contributed by atoms with van der Waals surface area (Å²) < 4.78 is 5.17. The van der Waals surface area contributed by atoms with Crippen molar-refractivity contribution in [3.8, 4) is 5.75 Å². The Morgan fingerprint density at radius 3 is 2.16 bits per heavy atom. The minimum absolute atomic E-state index is 0.0858. The molecule has 10 heteroatoms. The van der Waals surface area contributed by atoms with Gasteiger partial charge in [0, 0.05) is 24.7 Å². The molecule has 0 aliphatic heterocycles. The zero-order valence-corrected chi connectivity index (χ0v) is 17.4. The highest BCUT2D eigenvalue weighted by atomic mass is 16.5. The molecule has 0 aliphatic rings. The molecule has 164 valence electrons. The molecule has 2 amide bonds. The summed E-state index contributed by atoms with van der Waals surface area (Å²) in [7, 11) is 1.58. The lowest BCUT2D eigenvalue weighted by Gasteiger charge is -2.08. The maximum absolute atomic E-state index is 12.5. The van der Waals surface area contributed by atoms with Crippen LogP contribution in [-0.4, -0.2) is 34.7 Å². The van der Waals surface area contributed by atoms with Gasteiger partial charge in [-0.05, 0) is 23.3 Å². The van der Waals surface area contributed by atoms with E-state index in [0.717, 1.165) is 11.1 Å². The Hall–Kier alpha value is -4.47. The summed E-state index contributed by atoms with van der Waals surface area (Å²) in [5.41, 5.74) is 8.23. The van der Waals surface area contributed by atoms with Gasteiger partial charge in [-0.2, -0.15) is 5.10 Å². The molecule has 0 saturated carbocycles. The van der Waals surface area contributed by atoms with Crippen molar-refractivity contribution in [2.75, 3.05) is 7.11 Å². The van der Waals surface area contributed by atoms with Crippen LogP contribution in [0.4, 0.5) is 0 Å². The molecule has 0 bridgehead atoms. The molecule has 1 heterocycles. The van der Waals surface area contributed by atoms with E-state index in [4.69, 9.17) is 16.3 Å². The first-order chi connectivity index (χ1) is 15.5. The van der Waals surface area contributed by atoms with E-state index in [1.54, 1.807) is 31.4 Å². The summed E-state index contributed by atoms with van der Waals surface area (Å²) in [6.07, 6.45) is 1.18. The molecule has 3 aromatic rings. The number of benzene rings is 2. The summed E-state index contributed by atoms with van der Waals surface area (Å²) in [5, 5.41) is 8.95. The van der Waals surface area contributed by atoms with Gasteiger partial charge >= 0.3 is 0 Å². The van der Waals surface area contributed by atoms with E-state index in [1.807, 2.05) is 24.3 Å². The van der Waals surface area contributed by atoms with Crippen LogP contribution in [0, 0.1) is 0 Å². The molecule has 1 aromatic heterocycles. The predicted molar refractivity (Wildman–Crippen MR) is 119 cm³/mol. The van der Waals surface area contributed by atoms with E-state index in [0.29, 0.717) is 11.3 Å². The third-order valence-electron chi connectivity index (χ3n) is 4.56. The van der Waals surface area contributed by atoms with E-state index in [-0.39, 0.29) is 30.3 Å². The third-order valence-corrected chi connectivity index (χ3v) is 4.56. The Labute approximate surface area is 184 Å². The Kier molecular flexibility index (Phi) is 7.31. The second-order valence-electron chi connectivity index (χ2n) is 6.72. The highest BCUT2D eigenvalue weighted by molar-refractivity contribution is 5.98. The predicted octanol–water partition coefficient (Wildman–Crippen LogP) is 0.924. The van der Waals surface area contributed by atoms with Crippen molar-refractivity contribution in [1.29, 1.82) is 0 Å². The van der Waals surface area contributed by atoms with Crippen LogP contribution in [0.2, 0.25) is 0 Å². The lowest BCUT2D eigenvalue weighted by atomic mass is 10.1. The maximum Gasteiger partial charge on any atom is 0.270 e. The fraction of sp³-hybridized carbons (Fsp3) is 0.136. The fourth-order valence-corrected chi connectivity index (χ4v) is 2.80. The van der Waals surface area contributed by atoms with Crippen LogP contribution in [0.15, 0.2) is 66.0 Å². The molecule has 2 aromatic carbocycles. The van der Waals surface area contributed by atoms with Crippen molar-refractivity contribution in [1.82, 2.24) is 20.6 Å². The average molecular weight is 433 g/mol. The van der Waals surface area contributed by atoms with E-state index in [1.165, 1.54) is 12.4 Å². The van der Waals surface area contributed by atoms with Gasteiger partial charge in [0.1, 0.15) is 29.3 Å². The van der Waals surface area contributed by atoms with Crippen molar-refractivity contribution in [2.45, 2.75) is 13.1 Å². The quantitative estimate of drug-likeness (QED) is 0.178. The number of aromatic nitrogens is 2. The zero-order chi connectivity index (χ0) is 22.9. The Balaban J connectivity index is 1.58. The summed E-state index contributed by atoms with van der Waals surface area (Å²) in [6.45, 7) is 0.553. The standard InChI is InChI=1S/C22H23N7O3/c1-32-17-4-2-3-15(9-17)12-26-22(31)19-10-18(27-13-28-19)21(30)25-11-14-5-7-16(8-6-14)20(23)29-24/h2-10,13H,11-12,24H2,1H3,(H2,23,29)(H,25,30)(H,26,31). The van der Waals surface area contributed by atoms with E-state index < -0.39 is 11.8 Å². The highest BCUT2D eigenvalue weighted by Crippen LogP contribution is 2.12. The van der Waals surface area contributed by atoms with E-state index >= 15 is 0 Å². The summed E-state index contributed by atoms with van der Waals surface area (Å²) in [6, 6.07) is 15.8. The van der Waals surface area contributed by atoms with Crippen LogP contribution < -0.4 is 26.9 Å². The number of ether oxygens (including phenoxy) is 1. The molecular formula is C22H23N7O3. The van der Waals surface area contributed by atoms with Crippen LogP contribution in [0.5, 0.6) is 5.75 Å². The largest absolute Gasteiger partial charge is 0.497 e. The SMILES string of the molecule is COc1cccc(CNC(=O)c2cc(C(=O)NCc3ccc(/C(N)=N/N)cc3)ncn2)c1. The average Bonchev–Trinajstić information content (AvgIpc) is 2.85. The number of hydrazone groups is 1. The monoisotopic (exact) mass is 433 g/mol. The number of rotatable bonds is 8. The van der Waals surface area contributed by atoms with Crippen molar-refractivity contribution in [3.63, 3.8) is 0 Å². The Morgan fingerprint density at radius 1 is 0.938 bits per heavy atom. The molecule has 0 fully saturated rings. The van der Waals surface area contributed by atoms with Crippen LogP contribution in [0.3, 0.4) is 0 Å². The number of amides is 2. The maximum atomic E-state index is 12.5. The molecule has 0 spiro atoms. The molecule has 3 rings (SSSR count). The molecule has 0 atom stereocenters. The Bertz CT molecular complexity index is 1130. The van der Waals surface area contributed by atoms with Gasteiger partial charge in [0.15, 0.2) is 0 Å². The normalized spacial score (nSPS) is 11.0. The number of methoxy groups -OCH3 is 1. The third kappa shape index (κ3) is 5.79. The van der Waals surface area contributed by atoms with Gasteiger partial charge < -0.3 is 26.9 Å². The van der Waals surface area contributed by atoms with Crippen molar-refractivity contribution >= 4 is 17.6 Å². The summed E-state index contributed by atoms with van der Waals surface area (Å²) >= 11 is 0. The minimum Gasteiger partial charge on any atom is -0.497 e. The number of hydrogen-bond donors (Lipinski definition) is 4. The van der Waals surface area contributed by atoms with E-state index in [9.17, 15) is 9.59 Å². The number of carbonyl (C=O) groups excluding carboxylic acids is 2. The number of nitrogens with one attached hydrogen (secondary N) is 2. The lowest BCUT2D eigenvalue weighted by Crippen LogP contribution is -2.27. The molecule has 0 aliphatic carbocycles. The molecular weight excluding hydrogens is 410 g/mol. The molecule has 10 nitrogen and oxygen atoms in total. The zero-order valence-electron chi connectivity index (χ0n) is 17.4. The van der Waals surface area contributed by atoms with Gasteiger partial charge in [0.2, 0.25) is 0 Å². The first-order valence-electron chi connectivity index (χ1n) is 9.64. The molecule has 0 unspecified atom stereocenters. The van der Waals surface area contributed by atoms with Crippen LogP contribution in [0.1, 0.15) is 37.7 Å². The topological polar surface area (TPSA) is 158 Å². The molecule has 6 N–H and O–H groups in total. The van der Waals surface area contributed by atoms with Gasteiger partial charge in [-0.15, -0.1) is 0 Å².